The summed E-state index contributed by atoms with van der Waals surface area (Å²) in [6.07, 6.45) is -0.00730. The summed E-state index contributed by atoms with van der Waals surface area (Å²) >= 11 is 0. The number of aryl methyl sites for hydroxylation is 6. The Bertz CT molecular complexity index is 2440. The van der Waals surface area contributed by atoms with Gasteiger partial charge in [0.1, 0.15) is 45.7 Å². The van der Waals surface area contributed by atoms with Crippen molar-refractivity contribution in [1.82, 2.24) is 0 Å². The summed E-state index contributed by atoms with van der Waals surface area (Å²) < 4.78 is 172. The van der Waals surface area contributed by atoms with Crippen LogP contribution in [-0.4, -0.2) is 19.3 Å². The van der Waals surface area contributed by atoms with E-state index in [1.54, 1.807) is 39.8 Å². The maximum Gasteiger partial charge on any atom is 0.355 e. The highest BCUT2D eigenvalue weighted by Crippen LogP contribution is 2.65. The molecule has 16 heteroatoms. The van der Waals surface area contributed by atoms with Gasteiger partial charge in [-0.15, -0.1) is 0 Å². The Labute approximate surface area is 340 Å². The minimum Gasteiger partial charge on any atom is -0.445 e. The summed E-state index contributed by atoms with van der Waals surface area (Å²) in [4.78, 5) is 1.10. The summed E-state index contributed by atoms with van der Waals surface area (Å²) in [5.41, 5.74) is 0.0362. The number of para-hydroxylation sites is 2. The Morgan fingerprint density at radius 2 is 0.783 bits per heavy atom. The van der Waals surface area contributed by atoms with E-state index in [0.717, 1.165) is 21.0 Å². The zero-order valence-corrected chi connectivity index (χ0v) is 33.9. The Balaban J connectivity index is 1.79. The molecule has 1 saturated heterocycles. The lowest BCUT2D eigenvalue weighted by Crippen LogP contribution is -2.73. The molecule has 0 atom stereocenters. The monoisotopic (exact) mass is 856 g/mol. The van der Waals surface area contributed by atoms with Gasteiger partial charge >= 0.3 is 6.55 Å². The van der Waals surface area contributed by atoms with Crippen LogP contribution in [-0.2, 0) is 9.51 Å². The highest BCUT2D eigenvalue weighted by Gasteiger charge is 2.60. The normalized spacial score (nSPS) is 15.3. The molecule has 0 saturated carbocycles. The SMILES string of the molecule is Cc1cc(C)c([P+]2(c3c(C)cc(C)cc3C)CCN(c3ccccc3)O[B-](c3c(F)c(F)c(F)c(F)c3F)(c3c(F)c(F)c(F)c(F)c3F)ON2c2ccccc2)c(C)c1. The summed E-state index contributed by atoms with van der Waals surface area (Å²) in [5.74, 6) is -26.5. The first kappa shape index (κ1) is 42.7. The number of halogens is 10. The number of hydrogen-bond donors (Lipinski definition) is 0. The van der Waals surface area contributed by atoms with E-state index in [9.17, 15) is 8.78 Å². The molecule has 0 radical (unpaired) electrons. The topological polar surface area (TPSA) is 24.9 Å². The van der Waals surface area contributed by atoms with E-state index in [0.29, 0.717) is 32.9 Å². The third kappa shape index (κ3) is 6.71. The first-order chi connectivity index (χ1) is 28.4. The van der Waals surface area contributed by atoms with E-state index in [1.807, 2.05) is 38.1 Å². The highest BCUT2D eigenvalue weighted by atomic mass is 31.2. The molecule has 1 heterocycles. The Kier molecular flexibility index (Phi) is 11.3. The minimum atomic E-state index is -5.35. The molecule has 6 aromatic rings. The van der Waals surface area contributed by atoms with Gasteiger partial charge in [0.15, 0.2) is 42.3 Å². The van der Waals surface area contributed by atoms with Crippen LogP contribution < -0.4 is 31.4 Å². The number of rotatable bonds is 6. The standard InChI is InChI=1S/C44H36BF10N2O2P/c1-23-19-25(3)43(26(4)20-23)60(44-27(5)21-24(2)22-28(44)6)18-17-56(29-13-9-7-10-14-29)58-45(59-57(60)30-15-11-8-12-16-30,31-33(46)37(50)41(54)38(51)34(31)47)32-35(48)39(52)42(55)40(53)36(32)49/h7-16,19-22H,17-18H2,1-6H3. The van der Waals surface area contributed by atoms with Gasteiger partial charge in [0.25, 0.3) is 0 Å². The Hall–Kier alpha value is -5.37. The fourth-order valence-electron chi connectivity index (χ4n) is 8.69. The fraction of sp³-hybridized carbons (Fsp3) is 0.182. The average Bonchev–Trinajstić information content (AvgIpc) is 3.20. The van der Waals surface area contributed by atoms with Crippen LogP contribution in [0.5, 0.6) is 0 Å². The van der Waals surface area contributed by atoms with E-state index < -0.39 is 83.1 Å². The molecule has 0 unspecified atom stereocenters. The fourth-order valence-corrected chi connectivity index (χ4v) is 13.8. The van der Waals surface area contributed by atoms with E-state index >= 15 is 35.1 Å². The van der Waals surface area contributed by atoms with Gasteiger partial charge in [-0.2, -0.15) is 4.83 Å². The molecule has 7 rings (SSSR count). The van der Waals surface area contributed by atoms with Crippen LogP contribution in [0, 0.1) is 99.7 Å². The van der Waals surface area contributed by atoms with Crippen molar-refractivity contribution >= 4 is 46.9 Å². The van der Waals surface area contributed by atoms with Crippen molar-refractivity contribution in [2.45, 2.75) is 41.5 Å². The van der Waals surface area contributed by atoms with Crippen molar-refractivity contribution in [3.8, 4) is 0 Å². The van der Waals surface area contributed by atoms with Gasteiger partial charge in [-0.1, -0.05) is 82.7 Å². The molecule has 0 aliphatic carbocycles. The van der Waals surface area contributed by atoms with Gasteiger partial charge in [-0.3, -0.25) is 5.06 Å². The molecule has 0 aromatic heterocycles. The van der Waals surface area contributed by atoms with E-state index in [2.05, 4.69) is 0 Å². The first-order valence-electron chi connectivity index (χ1n) is 18.7. The van der Waals surface area contributed by atoms with Crippen LogP contribution in [0.15, 0.2) is 84.9 Å². The maximum absolute atomic E-state index is 16.7. The molecular formula is C44H36BF10N2O2P. The van der Waals surface area contributed by atoms with Gasteiger partial charge in [-0.25, -0.2) is 43.9 Å². The van der Waals surface area contributed by atoms with Crippen LogP contribution >= 0.6 is 7.41 Å². The lowest BCUT2D eigenvalue weighted by molar-refractivity contribution is 0.175. The van der Waals surface area contributed by atoms with Crippen molar-refractivity contribution in [1.29, 1.82) is 0 Å². The van der Waals surface area contributed by atoms with E-state index in [1.165, 1.54) is 48.5 Å². The summed E-state index contributed by atoms with van der Waals surface area (Å²) in [6, 6.07) is 22.4. The van der Waals surface area contributed by atoms with Gasteiger partial charge in [0, 0.05) is 0 Å². The molecule has 1 aliphatic rings. The van der Waals surface area contributed by atoms with Crippen LogP contribution in [0.1, 0.15) is 33.4 Å². The molecule has 1 fully saturated rings. The van der Waals surface area contributed by atoms with Gasteiger partial charge in [-0.05, 0) is 88.1 Å². The lowest BCUT2D eigenvalue weighted by Gasteiger charge is -2.54. The molecular weight excluding hydrogens is 820 g/mol. The number of nitrogens with zero attached hydrogens (tertiary/aromatic N) is 2. The van der Waals surface area contributed by atoms with Crippen molar-refractivity contribution in [3.63, 3.8) is 0 Å². The largest absolute Gasteiger partial charge is 0.445 e. The van der Waals surface area contributed by atoms with Gasteiger partial charge in [0.05, 0.1) is 12.2 Å². The maximum atomic E-state index is 16.7. The highest BCUT2D eigenvalue weighted by molar-refractivity contribution is 7.91. The zero-order valence-electron chi connectivity index (χ0n) is 33.0. The van der Waals surface area contributed by atoms with Crippen LogP contribution in [0.4, 0.5) is 55.3 Å². The summed E-state index contributed by atoms with van der Waals surface area (Å²) in [5, 5.41) is 2.04. The summed E-state index contributed by atoms with van der Waals surface area (Å²) in [7, 11) is -3.80. The molecule has 0 bridgehead atoms. The molecule has 0 N–H and O–H groups in total. The van der Waals surface area contributed by atoms with Gasteiger partial charge in [0.2, 0.25) is 0 Å². The second kappa shape index (κ2) is 15.9. The van der Waals surface area contributed by atoms with Crippen LogP contribution in [0.3, 0.4) is 0 Å². The average molecular weight is 857 g/mol. The number of benzene rings is 6. The first-order valence-corrected chi connectivity index (χ1v) is 20.6. The van der Waals surface area contributed by atoms with Crippen LogP contribution in [0.25, 0.3) is 0 Å². The molecule has 6 aromatic carbocycles. The van der Waals surface area contributed by atoms with E-state index in [4.69, 9.17) is 9.51 Å². The van der Waals surface area contributed by atoms with Crippen LogP contribution in [0.2, 0.25) is 0 Å². The summed E-state index contributed by atoms with van der Waals surface area (Å²) in [6.45, 7) is 5.18. The van der Waals surface area contributed by atoms with E-state index in [-0.39, 0.29) is 24.1 Å². The molecule has 1 aliphatic heterocycles. The Morgan fingerprint density at radius 3 is 1.15 bits per heavy atom. The number of anilines is 2. The quantitative estimate of drug-likeness (QED) is 0.0548. The van der Waals surface area contributed by atoms with Gasteiger partial charge < -0.3 is 9.51 Å². The number of hydroxylamine groups is 1. The molecule has 4 nitrogen and oxygen atoms in total. The predicted octanol–water partition coefficient (Wildman–Crippen LogP) is 9.96. The second-order valence-corrected chi connectivity index (χ2v) is 18.2. The van der Waals surface area contributed by atoms with Crippen molar-refractivity contribution < 1.29 is 53.4 Å². The molecule has 0 spiro atoms. The third-order valence-electron chi connectivity index (χ3n) is 10.7. The third-order valence-corrected chi connectivity index (χ3v) is 15.4. The molecule has 312 valence electrons. The van der Waals surface area contributed by atoms with Crippen molar-refractivity contribution in [3.05, 3.63) is 176 Å². The molecule has 60 heavy (non-hydrogen) atoms. The lowest BCUT2D eigenvalue weighted by atomic mass is 9.45. The second-order valence-electron chi connectivity index (χ2n) is 14.9. The minimum absolute atomic E-state index is 0.000977. The smallest absolute Gasteiger partial charge is 0.355 e. The van der Waals surface area contributed by atoms with Crippen molar-refractivity contribution in [2.24, 2.45) is 0 Å². The number of hydrogen-bond acceptors (Lipinski definition) is 4. The Morgan fingerprint density at radius 1 is 0.450 bits per heavy atom. The zero-order chi connectivity index (χ0) is 43.6. The molecule has 0 amide bonds. The predicted molar refractivity (Wildman–Crippen MR) is 215 cm³/mol. The van der Waals surface area contributed by atoms with Crippen molar-refractivity contribution in [2.75, 3.05) is 22.6 Å².